The van der Waals surface area contributed by atoms with E-state index in [1.165, 1.54) is 6.07 Å². The molecule has 192 valence electrons. The third kappa shape index (κ3) is 4.81. The zero-order chi connectivity index (χ0) is 26.1. The number of hydrogen-bond acceptors (Lipinski definition) is 7. The van der Waals surface area contributed by atoms with Crippen LogP contribution < -0.4 is 9.64 Å². The Bertz CT molecular complexity index is 1300. The van der Waals surface area contributed by atoms with Crippen molar-refractivity contribution in [1.82, 2.24) is 4.90 Å². The van der Waals surface area contributed by atoms with E-state index in [2.05, 4.69) is 11.0 Å². The summed E-state index contributed by atoms with van der Waals surface area (Å²) < 4.78 is 55.9. The topological polar surface area (TPSA) is 111 Å². The lowest BCUT2D eigenvalue weighted by Gasteiger charge is -2.38. The number of carbonyl (C=O) groups is 1. The maximum Gasteiger partial charge on any atom is 0.265 e. The highest BCUT2D eigenvalue weighted by atomic mass is 32.2. The molecule has 36 heavy (non-hydrogen) atoms. The predicted octanol–water partition coefficient (Wildman–Crippen LogP) is 2.65. The molecule has 0 saturated carbocycles. The molecule has 0 bridgehead atoms. The van der Waals surface area contributed by atoms with Crippen molar-refractivity contribution >= 4 is 21.4 Å². The van der Waals surface area contributed by atoms with E-state index in [1.807, 2.05) is 0 Å². The fourth-order valence-corrected chi connectivity index (χ4v) is 5.98. The molecule has 1 N–H and O–H groups in total. The van der Waals surface area contributed by atoms with Crippen molar-refractivity contribution in [3.63, 3.8) is 0 Å². The summed E-state index contributed by atoms with van der Waals surface area (Å²) in [5.41, 5.74) is 0.700. The molecular weight excluding hydrogens is 492 g/mol. The number of rotatable bonds is 8. The molecule has 2 heterocycles. The number of nitriles is 1. The molecule has 0 radical (unpaired) electrons. The van der Waals surface area contributed by atoms with Crippen LogP contribution in [-0.2, 0) is 20.0 Å². The second-order valence-electron chi connectivity index (χ2n) is 9.07. The third-order valence-corrected chi connectivity index (χ3v) is 8.08. The van der Waals surface area contributed by atoms with E-state index in [1.54, 1.807) is 23.1 Å². The molecule has 1 amide bonds. The highest BCUT2D eigenvalue weighted by Gasteiger charge is 2.51. The van der Waals surface area contributed by atoms with Crippen LogP contribution >= 0.6 is 0 Å². The van der Waals surface area contributed by atoms with Gasteiger partial charge in [0.05, 0.1) is 28.6 Å². The zero-order valence-corrected chi connectivity index (χ0v) is 20.6. The van der Waals surface area contributed by atoms with Crippen molar-refractivity contribution in [3.8, 4) is 11.8 Å². The van der Waals surface area contributed by atoms with Gasteiger partial charge in [0.1, 0.15) is 12.4 Å². The van der Waals surface area contributed by atoms with E-state index in [-0.39, 0.29) is 31.4 Å². The molecule has 11 heteroatoms. The monoisotopic (exact) mass is 519 g/mol. The summed E-state index contributed by atoms with van der Waals surface area (Å²) in [6.07, 6.45) is -0.992. The number of aliphatic hydroxyl groups is 1. The maximum atomic E-state index is 13.4. The second-order valence-corrected chi connectivity index (χ2v) is 11.1. The number of piperidine rings is 1. The fourth-order valence-electron chi connectivity index (χ4n) is 5.09. The number of aliphatic hydroxyl groups excluding tert-OH is 1. The summed E-state index contributed by atoms with van der Waals surface area (Å²) in [6, 6.07) is 10.9. The number of alkyl halides is 2. The Kier molecular flexibility index (Phi) is 7.31. The van der Waals surface area contributed by atoms with E-state index >= 15 is 0 Å². The normalized spacial score (nSPS) is 17.4. The number of benzene rings is 2. The Labute approximate surface area is 208 Å². The first-order valence-corrected chi connectivity index (χ1v) is 13.4. The molecule has 8 nitrogen and oxygen atoms in total. The van der Waals surface area contributed by atoms with Crippen molar-refractivity contribution in [2.45, 2.75) is 29.6 Å². The van der Waals surface area contributed by atoms with Crippen molar-refractivity contribution < 1.29 is 31.8 Å². The number of sulfone groups is 1. The highest BCUT2D eigenvalue weighted by molar-refractivity contribution is 7.90. The summed E-state index contributed by atoms with van der Waals surface area (Å²) in [4.78, 5) is 16.7. The largest absolute Gasteiger partial charge is 0.492 e. The van der Waals surface area contributed by atoms with Gasteiger partial charge < -0.3 is 14.7 Å². The molecule has 0 aliphatic carbocycles. The van der Waals surface area contributed by atoms with E-state index < -0.39 is 32.1 Å². The van der Waals surface area contributed by atoms with Crippen LogP contribution in [0.15, 0.2) is 41.3 Å². The van der Waals surface area contributed by atoms with Crippen molar-refractivity contribution in [2.24, 2.45) is 0 Å². The summed E-state index contributed by atoms with van der Waals surface area (Å²) >= 11 is 0. The first kappa shape index (κ1) is 26.0. The number of ether oxygens (including phenoxy) is 1. The van der Waals surface area contributed by atoms with Gasteiger partial charge in [-0.25, -0.2) is 17.2 Å². The molecule has 2 aliphatic rings. The number of hydrogen-bond donors (Lipinski definition) is 1. The lowest BCUT2D eigenvalue weighted by atomic mass is 9.73. The van der Waals surface area contributed by atoms with E-state index in [0.717, 1.165) is 29.6 Å². The Morgan fingerprint density at radius 2 is 1.89 bits per heavy atom. The zero-order valence-electron chi connectivity index (χ0n) is 19.8. The van der Waals surface area contributed by atoms with Gasteiger partial charge >= 0.3 is 0 Å². The van der Waals surface area contributed by atoms with E-state index in [0.29, 0.717) is 38.0 Å². The number of fused-ring (bicyclic) bond motifs is 2. The smallest absolute Gasteiger partial charge is 0.265 e. The third-order valence-electron chi connectivity index (χ3n) is 6.91. The molecule has 2 aromatic rings. The van der Waals surface area contributed by atoms with Gasteiger partial charge in [0.2, 0.25) is 5.91 Å². The highest BCUT2D eigenvalue weighted by Crippen LogP contribution is 2.48. The molecule has 2 aromatic carbocycles. The summed E-state index contributed by atoms with van der Waals surface area (Å²) in [7, 11) is -3.79. The van der Waals surface area contributed by atoms with Gasteiger partial charge in [-0.1, -0.05) is 0 Å². The van der Waals surface area contributed by atoms with Crippen LogP contribution in [0, 0.1) is 11.3 Å². The van der Waals surface area contributed by atoms with Crippen LogP contribution in [0.3, 0.4) is 0 Å². The van der Waals surface area contributed by atoms with Gasteiger partial charge in [0.15, 0.2) is 9.84 Å². The molecular formula is C25H27F2N3O5S. The van der Waals surface area contributed by atoms with Crippen LogP contribution in [0.5, 0.6) is 5.75 Å². The first-order chi connectivity index (χ1) is 17.1. The van der Waals surface area contributed by atoms with Gasteiger partial charge in [-0.3, -0.25) is 9.69 Å². The van der Waals surface area contributed by atoms with Gasteiger partial charge in [-0.05, 0) is 67.9 Å². The molecule has 1 saturated heterocycles. The lowest BCUT2D eigenvalue weighted by molar-refractivity contribution is -0.125. The van der Waals surface area contributed by atoms with Gasteiger partial charge in [-0.2, -0.15) is 5.26 Å². The summed E-state index contributed by atoms with van der Waals surface area (Å²) in [5.74, 6) is 0.0952. The number of nitrogens with zero attached hydrogens (tertiary/aromatic N) is 3. The van der Waals surface area contributed by atoms with Crippen LogP contribution in [0.25, 0.3) is 0 Å². The Hall–Kier alpha value is -3.07. The standard InChI is InChI=1S/C25H27F2N3O5S/c1-36(33,34)22-5-3-18(15-19(22)23(26)27)35-13-11-29-8-6-25(7-9-29)20-14-17(16-28)2-4-21(20)30(10-12-31)24(25)32/h2-5,14-15,23,31H,6-13H2,1H3. The minimum Gasteiger partial charge on any atom is -0.492 e. The van der Waals surface area contributed by atoms with Gasteiger partial charge in [0.25, 0.3) is 6.43 Å². The number of carbonyl (C=O) groups excluding carboxylic acids is 1. The second kappa shape index (κ2) is 10.1. The quantitative estimate of drug-likeness (QED) is 0.571. The van der Waals surface area contributed by atoms with Crippen LogP contribution in [0.1, 0.15) is 36.0 Å². The predicted molar refractivity (Wildman–Crippen MR) is 128 cm³/mol. The van der Waals surface area contributed by atoms with E-state index in [4.69, 9.17) is 4.74 Å². The number of β-amino-alcohol motifs (C(OH)–C–C–N with tert-alkyl or cyclic N) is 1. The number of anilines is 1. The SMILES string of the molecule is CS(=O)(=O)c1ccc(OCCN2CCC3(CC2)C(=O)N(CCO)c2ccc(C#N)cc23)cc1C(F)F. The van der Waals surface area contributed by atoms with E-state index in [9.17, 15) is 32.4 Å². The average Bonchev–Trinajstić information content (AvgIpc) is 3.07. The maximum absolute atomic E-state index is 13.4. The fraction of sp³-hybridized carbons (Fsp3) is 0.440. The molecule has 0 aromatic heterocycles. The number of halogens is 2. The van der Waals surface area contributed by atoms with Crippen LogP contribution in [-0.4, -0.2) is 70.0 Å². The Morgan fingerprint density at radius 3 is 2.50 bits per heavy atom. The molecule has 4 rings (SSSR count). The molecule has 1 fully saturated rings. The van der Waals surface area contributed by atoms with Crippen molar-refractivity contribution in [2.75, 3.05) is 50.5 Å². The average molecular weight is 520 g/mol. The number of likely N-dealkylation sites (tertiary alicyclic amines) is 1. The minimum absolute atomic E-state index is 0.0666. The number of amides is 1. The summed E-state index contributed by atoms with van der Waals surface area (Å²) in [5, 5.41) is 18.8. The van der Waals surface area contributed by atoms with Crippen molar-refractivity contribution in [1.29, 1.82) is 5.26 Å². The first-order valence-electron chi connectivity index (χ1n) is 11.6. The lowest BCUT2D eigenvalue weighted by Crippen LogP contribution is -2.49. The van der Waals surface area contributed by atoms with Crippen LogP contribution in [0.2, 0.25) is 0 Å². The Morgan fingerprint density at radius 1 is 1.17 bits per heavy atom. The molecule has 2 aliphatic heterocycles. The summed E-state index contributed by atoms with van der Waals surface area (Å²) in [6.45, 7) is 1.90. The minimum atomic E-state index is -3.79. The van der Waals surface area contributed by atoms with Gasteiger partial charge in [0, 0.05) is 30.6 Å². The van der Waals surface area contributed by atoms with Crippen molar-refractivity contribution in [3.05, 3.63) is 53.1 Å². The molecule has 0 unspecified atom stereocenters. The molecule has 1 spiro atoms. The van der Waals surface area contributed by atoms with Gasteiger partial charge in [-0.15, -0.1) is 0 Å². The Balaban J connectivity index is 1.41. The molecule has 0 atom stereocenters. The van der Waals surface area contributed by atoms with Crippen LogP contribution in [0.4, 0.5) is 14.5 Å².